The maximum Gasteiger partial charge on any atom is 0.254 e. The molecule has 1 saturated heterocycles. The SMILES string of the molecule is COc1cc(C(=O)N2CCCC(O)(c3cn[nH]n3)C2)ccc1F. The van der Waals surface area contributed by atoms with Crippen LogP contribution in [0.15, 0.2) is 24.4 Å². The summed E-state index contributed by atoms with van der Waals surface area (Å²) in [5.74, 6) is -0.800. The van der Waals surface area contributed by atoms with Crippen molar-refractivity contribution < 1.29 is 19.0 Å². The molecule has 1 aliphatic heterocycles. The van der Waals surface area contributed by atoms with E-state index in [1.807, 2.05) is 0 Å². The van der Waals surface area contributed by atoms with E-state index in [0.717, 1.165) is 0 Å². The molecule has 7 nitrogen and oxygen atoms in total. The predicted molar refractivity (Wildman–Crippen MR) is 78.4 cm³/mol. The molecule has 0 aliphatic carbocycles. The molecule has 2 N–H and O–H groups in total. The van der Waals surface area contributed by atoms with Crippen LogP contribution in [0.5, 0.6) is 5.75 Å². The number of aromatic nitrogens is 3. The van der Waals surface area contributed by atoms with Crippen LogP contribution in [0, 0.1) is 5.82 Å². The summed E-state index contributed by atoms with van der Waals surface area (Å²) in [6, 6.07) is 3.96. The number of hydrogen-bond donors (Lipinski definition) is 2. The Bertz CT molecular complexity index is 707. The Labute approximate surface area is 132 Å². The first kappa shape index (κ1) is 15.4. The molecule has 0 radical (unpaired) electrons. The van der Waals surface area contributed by atoms with Crippen molar-refractivity contribution in [3.63, 3.8) is 0 Å². The fourth-order valence-corrected chi connectivity index (χ4v) is 2.82. The Morgan fingerprint density at radius 3 is 3.04 bits per heavy atom. The summed E-state index contributed by atoms with van der Waals surface area (Å²) in [7, 11) is 1.34. The van der Waals surface area contributed by atoms with Crippen molar-refractivity contribution in [1.29, 1.82) is 0 Å². The minimum atomic E-state index is -1.23. The summed E-state index contributed by atoms with van der Waals surface area (Å²) in [4.78, 5) is 14.2. The first-order valence-electron chi connectivity index (χ1n) is 7.25. The second-order valence-electron chi connectivity index (χ2n) is 5.57. The lowest BCUT2D eigenvalue weighted by molar-refractivity contribution is -0.0320. The fraction of sp³-hybridized carbons (Fsp3) is 0.400. The molecule has 122 valence electrons. The number of methoxy groups -OCH3 is 1. The molecular weight excluding hydrogens is 303 g/mol. The zero-order valence-electron chi connectivity index (χ0n) is 12.6. The van der Waals surface area contributed by atoms with Crippen molar-refractivity contribution >= 4 is 5.91 Å². The third-order valence-electron chi connectivity index (χ3n) is 4.05. The van der Waals surface area contributed by atoms with Crippen molar-refractivity contribution in [2.45, 2.75) is 18.4 Å². The zero-order valence-corrected chi connectivity index (χ0v) is 12.6. The standard InChI is InChI=1S/C15H17FN4O3/c1-23-12-7-10(3-4-11(12)16)14(21)20-6-2-5-15(22,9-20)13-8-17-19-18-13/h3-4,7-8,22H,2,5-6,9H2,1H3,(H,17,18,19). The molecule has 1 aliphatic rings. The minimum Gasteiger partial charge on any atom is -0.494 e. The highest BCUT2D eigenvalue weighted by Gasteiger charge is 2.39. The molecule has 0 spiro atoms. The summed E-state index contributed by atoms with van der Waals surface area (Å²) in [6.07, 6.45) is 2.58. The number of ether oxygens (including phenoxy) is 1. The molecular formula is C15H17FN4O3. The second-order valence-corrected chi connectivity index (χ2v) is 5.57. The molecule has 8 heteroatoms. The number of H-pyrrole nitrogens is 1. The van der Waals surface area contributed by atoms with E-state index < -0.39 is 11.4 Å². The topological polar surface area (TPSA) is 91.3 Å². The maximum atomic E-state index is 13.5. The number of piperidine rings is 1. The normalized spacial score (nSPS) is 21.3. The number of rotatable bonds is 3. The van der Waals surface area contributed by atoms with Crippen LogP contribution >= 0.6 is 0 Å². The number of likely N-dealkylation sites (tertiary alicyclic amines) is 1. The molecule has 2 heterocycles. The van der Waals surface area contributed by atoms with Crippen LogP contribution in [-0.2, 0) is 5.60 Å². The molecule has 1 atom stereocenters. The highest BCUT2D eigenvalue weighted by Crippen LogP contribution is 2.31. The van der Waals surface area contributed by atoms with Crippen LogP contribution in [0.1, 0.15) is 28.9 Å². The van der Waals surface area contributed by atoms with Crippen LogP contribution in [0.3, 0.4) is 0 Å². The van der Waals surface area contributed by atoms with Gasteiger partial charge in [-0.15, -0.1) is 0 Å². The smallest absolute Gasteiger partial charge is 0.254 e. The number of nitrogens with one attached hydrogen (secondary N) is 1. The van der Waals surface area contributed by atoms with Gasteiger partial charge in [0, 0.05) is 12.1 Å². The quantitative estimate of drug-likeness (QED) is 0.883. The van der Waals surface area contributed by atoms with Gasteiger partial charge in [0.15, 0.2) is 11.6 Å². The Balaban J connectivity index is 1.82. The summed E-state index contributed by atoms with van der Waals surface area (Å²) in [5.41, 5.74) is -0.510. The van der Waals surface area contributed by atoms with E-state index in [-0.39, 0.29) is 18.2 Å². The van der Waals surface area contributed by atoms with E-state index >= 15 is 0 Å². The van der Waals surface area contributed by atoms with Gasteiger partial charge in [0.1, 0.15) is 11.3 Å². The summed E-state index contributed by atoms with van der Waals surface area (Å²) < 4.78 is 18.4. The lowest BCUT2D eigenvalue weighted by Gasteiger charge is -2.38. The molecule has 1 fully saturated rings. The Morgan fingerprint density at radius 2 is 2.35 bits per heavy atom. The van der Waals surface area contributed by atoms with Gasteiger partial charge in [-0.3, -0.25) is 4.79 Å². The third-order valence-corrected chi connectivity index (χ3v) is 4.05. The summed E-state index contributed by atoms with van der Waals surface area (Å²) in [5, 5.41) is 20.8. The third kappa shape index (κ3) is 2.89. The number of amides is 1. The van der Waals surface area contributed by atoms with Crippen LogP contribution in [-0.4, -0.2) is 51.5 Å². The first-order valence-corrected chi connectivity index (χ1v) is 7.25. The number of aromatic amines is 1. The van der Waals surface area contributed by atoms with Gasteiger partial charge in [0.05, 0.1) is 19.9 Å². The van der Waals surface area contributed by atoms with E-state index in [2.05, 4.69) is 15.4 Å². The average molecular weight is 320 g/mol. The maximum absolute atomic E-state index is 13.5. The van der Waals surface area contributed by atoms with Gasteiger partial charge >= 0.3 is 0 Å². The molecule has 1 unspecified atom stereocenters. The van der Waals surface area contributed by atoms with Crippen molar-refractivity contribution in [2.75, 3.05) is 20.2 Å². The summed E-state index contributed by atoms with van der Waals surface area (Å²) in [6.45, 7) is 0.622. The first-order chi connectivity index (χ1) is 11.0. The molecule has 1 aromatic heterocycles. The number of carbonyl (C=O) groups excluding carboxylic acids is 1. The van der Waals surface area contributed by atoms with Gasteiger partial charge in [-0.2, -0.15) is 15.4 Å². The molecule has 0 saturated carbocycles. The van der Waals surface area contributed by atoms with Crippen molar-refractivity contribution in [1.82, 2.24) is 20.3 Å². The molecule has 2 aromatic rings. The number of benzene rings is 1. The minimum absolute atomic E-state index is 0.0135. The lowest BCUT2D eigenvalue weighted by atomic mass is 9.89. The molecule has 23 heavy (non-hydrogen) atoms. The Hall–Kier alpha value is -2.48. The number of β-amino-alcohol motifs (C(OH)–C–C–N with tert-alkyl or cyclic N) is 1. The average Bonchev–Trinajstić information content (AvgIpc) is 3.10. The van der Waals surface area contributed by atoms with Gasteiger partial charge in [0.25, 0.3) is 5.91 Å². The monoisotopic (exact) mass is 320 g/mol. The highest BCUT2D eigenvalue weighted by molar-refractivity contribution is 5.94. The fourth-order valence-electron chi connectivity index (χ4n) is 2.82. The number of halogens is 1. The van der Waals surface area contributed by atoms with Crippen molar-refractivity contribution in [3.05, 3.63) is 41.5 Å². The van der Waals surface area contributed by atoms with E-state index in [9.17, 15) is 14.3 Å². The number of aliphatic hydroxyl groups is 1. The number of nitrogens with zero attached hydrogens (tertiary/aromatic N) is 3. The van der Waals surface area contributed by atoms with Crippen LogP contribution in [0.25, 0.3) is 0 Å². The van der Waals surface area contributed by atoms with Crippen molar-refractivity contribution in [2.24, 2.45) is 0 Å². The van der Waals surface area contributed by atoms with Crippen LogP contribution < -0.4 is 4.74 Å². The second kappa shape index (κ2) is 5.96. The van der Waals surface area contributed by atoms with Gasteiger partial charge in [-0.25, -0.2) is 4.39 Å². The Morgan fingerprint density at radius 1 is 1.52 bits per heavy atom. The van der Waals surface area contributed by atoms with Crippen molar-refractivity contribution in [3.8, 4) is 5.75 Å². The molecule has 1 amide bonds. The van der Waals surface area contributed by atoms with Gasteiger partial charge < -0.3 is 14.7 Å². The highest BCUT2D eigenvalue weighted by atomic mass is 19.1. The van der Waals surface area contributed by atoms with Gasteiger partial charge in [-0.1, -0.05) is 0 Å². The lowest BCUT2D eigenvalue weighted by Crippen LogP contribution is -2.48. The molecule has 0 bridgehead atoms. The van der Waals surface area contributed by atoms with E-state index in [1.165, 1.54) is 36.4 Å². The predicted octanol–water partition coefficient (Wildman–Crippen LogP) is 1.08. The van der Waals surface area contributed by atoms with Crippen LogP contribution in [0.2, 0.25) is 0 Å². The van der Waals surface area contributed by atoms with E-state index in [0.29, 0.717) is 30.6 Å². The van der Waals surface area contributed by atoms with E-state index in [4.69, 9.17) is 4.74 Å². The Kier molecular flexibility index (Phi) is 3.99. The number of hydrogen-bond acceptors (Lipinski definition) is 5. The van der Waals surface area contributed by atoms with E-state index in [1.54, 1.807) is 0 Å². The largest absolute Gasteiger partial charge is 0.494 e. The van der Waals surface area contributed by atoms with Gasteiger partial charge in [-0.05, 0) is 31.0 Å². The molecule has 1 aromatic carbocycles. The van der Waals surface area contributed by atoms with Gasteiger partial charge in [0.2, 0.25) is 0 Å². The summed E-state index contributed by atoms with van der Waals surface area (Å²) >= 11 is 0. The molecule has 3 rings (SSSR count). The van der Waals surface area contributed by atoms with Crippen LogP contribution in [0.4, 0.5) is 4.39 Å². The zero-order chi connectivity index (χ0) is 16.4. The number of carbonyl (C=O) groups is 1.